The lowest BCUT2D eigenvalue weighted by atomic mass is 10.1. The zero-order valence-corrected chi connectivity index (χ0v) is 22.5. The Morgan fingerprint density at radius 1 is 0.923 bits per heavy atom. The maximum Gasteiger partial charge on any atom is 0.282 e. The van der Waals surface area contributed by atoms with Gasteiger partial charge in [0, 0.05) is 22.6 Å². The van der Waals surface area contributed by atoms with E-state index < -0.39 is 0 Å². The van der Waals surface area contributed by atoms with Gasteiger partial charge in [-0.1, -0.05) is 30.3 Å². The highest BCUT2D eigenvalue weighted by Crippen LogP contribution is 2.33. The fourth-order valence-corrected chi connectivity index (χ4v) is 5.10. The zero-order chi connectivity index (χ0) is 27.3. The number of para-hydroxylation sites is 1. The molecule has 0 saturated carbocycles. The van der Waals surface area contributed by atoms with Crippen LogP contribution < -0.4 is 10.3 Å². The van der Waals surface area contributed by atoms with Gasteiger partial charge in [0.15, 0.2) is 5.76 Å². The van der Waals surface area contributed by atoms with Crippen molar-refractivity contribution in [2.75, 3.05) is 7.11 Å². The Morgan fingerprint density at radius 3 is 2.54 bits per heavy atom. The minimum Gasteiger partial charge on any atom is -0.496 e. The molecule has 3 aromatic heterocycles. The van der Waals surface area contributed by atoms with E-state index in [1.54, 1.807) is 19.4 Å². The molecule has 39 heavy (non-hydrogen) atoms. The lowest BCUT2D eigenvalue weighted by molar-refractivity contribution is 0.419. The van der Waals surface area contributed by atoms with E-state index >= 15 is 0 Å². The zero-order valence-electron chi connectivity index (χ0n) is 22.5. The molecule has 0 aliphatic rings. The number of methoxy groups -OCH3 is 1. The van der Waals surface area contributed by atoms with Gasteiger partial charge in [-0.05, 0) is 81.3 Å². The van der Waals surface area contributed by atoms with E-state index in [1.165, 1.54) is 15.8 Å². The number of nitrogens with zero attached hydrogens (tertiary/aromatic N) is 4. The van der Waals surface area contributed by atoms with Crippen LogP contribution in [0.2, 0.25) is 0 Å². The number of ether oxygens (including phenoxy) is 1. The monoisotopic (exact) mass is 516 g/mol. The molecule has 0 aliphatic carbocycles. The number of rotatable bonds is 5. The minimum absolute atomic E-state index is 0.275. The summed E-state index contributed by atoms with van der Waals surface area (Å²) in [7, 11) is 1.62. The van der Waals surface area contributed by atoms with Gasteiger partial charge >= 0.3 is 0 Å². The van der Waals surface area contributed by atoms with Gasteiger partial charge in [-0.25, -0.2) is 4.98 Å². The largest absolute Gasteiger partial charge is 0.496 e. The molecule has 0 aliphatic heterocycles. The molecule has 0 atom stereocenters. The van der Waals surface area contributed by atoms with Crippen molar-refractivity contribution in [3.63, 3.8) is 0 Å². The highest BCUT2D eigenvalue weighted by Gasteiger charge is 2.18. The molecule has 0 radical (unpaired) electrons. The lowest BCUT2D eigenvalue weighted by Crippen LogP contribution is -2.20. The Labute approximate surface area is 225 Å². The number of hydrogen-bond donors (Lipinski definition) is 0. The van der Waals surface area contributed by atoms with Crippen molar-refractivity contribution >= 4 is 28.1 Å². The van der Waals surface area contributed by atoms with Crippen molar-refractivity contribution in [1.29, 1.82) is 0 Å². The molecule has 3 heterocycles. The second-order valence-corrected chi connectivity index (χ2v) is 9.68. The highest BCUT2D eigenvalue weighted by molar-refractivity contribution is 5.89. The number of fused-ring (bicyclic) bond motifs is 2. The van der Waals surface area contributed by atoms with Crippen LogP contribution in [0.15, 0.2) is 87.1 Å². The van der Waals surface area contributed by atoms with E-state index in [1.807, 2.05) is 42.5 Å². The molecular formula is C32H28N4O3. The fraction of sp³-hybridized carbons (Fsp3) is 0.156. The molecular weight excluding hydrogens is 488 g/mol. The Balaban J connectivity index is 1.53. The van der Waals surface area contributed by atoms with Crippen LogP contribution >= 0.6 is 0 Å². The van der Waals surface area contributed by atoms with Gasteiger partial charge in [0.1, 0.15) is 11.3 Å². The predicted octanol–water partition coefficient (Wildman–Crippen LogP) is 6.72. The Hall–Kier alpha value is -4.91. The van der Waals surface area contributed by atoms with Crippen LogP contribution in [0.5, 0.6) is 5.75 Å². The third-order valence-corrected chi connectivity index (χ3v) is 7.32. The van der Waals surface area contributed by atoms with E-state index in [4.69, 9.17) is 14.1 Å². The van der Waals surface area contributed by atoms with Gasteiger partial charge in [0.2, 0.25) is 5.82 Å². The number of aromatic nitrogens is 3. The van der Waals surface area contributed by atoms with Crippen LogP contribution in [0.4, 0.5) is 0 Å². The van der Waals surface area contributed by atoms with Crippen LogP contribution in [0.25, 0.3) is 39.1 Å². The van der Waals surface area contributed by atoms with E-state index in [9.17, 15) is 4.79 Å². The van der Waals surface area contributed by atoms with Crippen LogP contribution in [0.1, 0.15) is 28.1 Å². The molecule has 0 saturated heterocycles. The number of aryl methyl sites for hydroxylation is 2. The summed E-state index contributed by atoms with van der Waals surface area (Å²) in [5, 5.41) is 5.95. The summed E-state index contributed by atoms with van der Waals surface area (Å²) >= 11 is 0. The molecule has 0 fully saturated rings. The normalized spacial score (nSPS) is 11.7. The topological polar surface area (TPSA) is 74.6 Å². The first-order valence-electron chi connectivity index (χ1n) is 12.8. The summed E-state index contributed by atoms with van der Waals surface area (Å²) < 4.78 is 15.2. The Morgan fingerprint density at radius 2 is 1.72 bits per heavy atom. The van der Waals surface area contributed by atoms with Crippen molar-refractivity contribution in [1.82, 2.24) is 14.2 Å². The van der Waals surface area contributed by atoms with Crippen LogP contribution in [-0.4, -0.2) is 27.6 Å². The molecule has 3 aromatic carbocycles. The summed E-state index contributed by atoms with van der Waals surface area (Å²) in [6, 6.07) is 23.1. The Kier molecular flexibility index (Phi) is 5.91. The summed E-state index contributed by atoms with van der Waals surface area (Å²) in [6.07, 6.45) is 1.72. The summed E-state index contributed by atoms with van der Waals surface area (Å²) in [6.45, 7) is 8.38. The van der Waals surface area contributed by atoms with Crippen LogP contribution in [-0.2, 0) is 0 Å². The van der Waals surface area contributed by atoms with E-state index in [0.717, 1.165) is 28.0 Å². The number of hydrogen-bond acceptors (Lipinski definition) is 5. The minimum atomic E-state index is -0.275. The third kappa shape index (κ3) is 4.03. The van der Waals surface area contributed by atoms with Gasteiger partial charge in [-0.2, -0.15) is 9.78 Å². The van der Waals surface area contributed by atoms with Crippen molar-refractivity contribution in [3.05, 3.63) is 111 Å². The summed E-state index contributed by atoms with van der Waals surface area (Å²) in [5.74, 6) is 1.42. The molecule has 0 bridgehead atoms. The van der Waals surface area contributed by atoms with Crippen molar-refractivity contribution in [3.8, 4) is 23.0 Å². The molecule has 194 valence electrons. The van der Waals surface area contributed by atoms with Crippen LogP contribution in [0, 0.1) is 27.7 Å². The third-order valence-electron chi connectivity index (χ3n) is 7.32. The molecule has 6 rings (SSSR count). The fourth-order valence-electron chi connectivity index (χ4n) is 5.10. The van der Waals surface area contributed by atoms with Crippen LogP contribution in [0.3, 0.4) is 0 Å². The Bertz CT molecular complexity index is 1970. The molecule has 0 N–H and O–H groups in total. The number of benzene rings is 3. The molecule has 0 unspecified atom stereocenters. The van der Waals surface area contributed by atoms with Gasteiger partial charge in [-0.3, -0.25) is 4.79 Å². The molecule has 0 spiro atoms. The SMILES string of the molecule is COc1cccc2oc(-c3nc4ccccc4c(=O)n3N=Cc3cc(C)n(-c4cccc(C)c4C)c3C)cc12. The van der Waals surface area contributed by atoms with Gasteiger partial charge < -0.3 is 13.7 Å². The van der Waals surface area contributed by atoms with Gasteiger partial charge in [-0.15, -0.1) is 0 Å². The second kappa shape index (κ2) is 9.44. The second-order valence-electron chi connectivity index (χ2n) is 9.68. The summed E-state index contributed by atoms with van der Waals surface area (Å²) in [4.78, 5) is 18.5. The average molecular weight is 517 g/mol. The first-order chi connectivity index (χ1) is 18.9. The molecule has 7 heteroatoms. The first kappa shape index (κ1) is 24.4. The molecule has 6 aromatic rings. The standard InChI is InChI=1S/C32H28N4O3/c1-19-10-8-13-27(21(19)3)35-20(2)16-23(22(35)4)18-33-36-31(34-26-12-7-6-11-24(26)32(36)37)30-17-25-28(38-5)14-9-15-29(25)39-30/h6-18H,1-5H3. The van der Waals surface area contributed by atoms with Crippen molar-refractivity contribution < 1.29 is 9.15 Å². The van der Waals surface area contributed by atoms with E-state index in [0.29, 0.717) is 33.8 Å². The smallest absolute Gasteiger partial charge is 0.282 e. The maximum atomic E-state index is 13.7. The highest BCUT2D eigenvalue weighted by atomic mass is 16.5. The van der Waals surface area contributed by atoms with Crippen molar-refractivity contribution in [2.24, 2.45) is 5.10 Å². The van der Waals surface area contributed by atoms with Gasteiger partial charge in [0.25, 0.3) is 5.56 Å². The van der Waals surface area contributed by atoms with E-state index in [2.05, 4.69) is 61.6 Å². The quantitative estimate of drug-likeness (QED) is 0.238. The lowest BCUT2D eigenvalue weighted by Gasteiger charge is -2.14. The molecule has 7 nitrogen and oxygen atoms in total. The maximum absolute atomic E-state index is 13.7. The average Bonchev–Trinajstić information content (AvgIpc) is 3.50. The predicted molar refractivity (Wildman–Crippen MR) is 155 cm³/mol. The van der Waals surface area contributed by atoms with Gasteiger partial charge in [0.05, 0.1) is 29.6 Å². The first-order valence-corrected chi connectivity index (χ1v) is 12.8. The molecule has 0 amide bonds. The summed E-state index contributed by atoms with van der Waals surface area (Å²) in [5.41, 5.74) is 7.54. The van der Waals surface area contributed by atoms with Crippen molar-refractivity contribution in [2.45, 2.75) is 27.7 Å². The van der Waals surface area contributed by atoms with E-state index in [-0.39, 0.29) is 5.56 Å². The number of furan rings is 1.